The van der Waals surface area contributed by atoms with Gasteiger partial charge in [0.1, 0.15) is 11.7 Å². The van der Waals surface area contributed by atoms with E-state index < -0.39 is 31.8 Å². The molecule has 0 radical (unpaired) electrons. The molecule has 2 aromatic rings. The van der Waals surface area contributed by atoms with Gasteiger partial charge in [0.05, 0.1) is 17.4 Å². The molecular weight excluding hydrogens is 551 g/mol. The van der Waals surface area contributed by atoms with Gasteiger partial charge < -0.3 is 9.16 Å². The van der Waals surface area contributed by atoms with Crippen LogP contribution >= 0.6 is 0 Å². The summed E-state index contributed by atoms with van der Waals surface area (Å²) < 4.78 is 54.9. The Balaban J connectivity index is 1.58. The molecule has 2 saturated carbocycles. The van der Waals surface area contributed by atoms with Crippen LogP contribution in [0.5, 0.6) is 0 Å². The molecule has 3 aliphatic carbocycles. The molecule has 42 heavy (non-hydrogen) atoms. The predicted molar refractivity (Wildman–Crippen MR) is 163 cm³/mol. The SMILES string of the molecule is CC1(C)Cc2nc3c(c(C4CCCC4)c2[C@@H](O[Si](C)(C)C(C)(C)C)C1)C(c1ccc(C(F)(F)F)cc1)OC31CCCC1. The highest BCUT2D eigenvalue weighted by atomic mass is 28.4. The lowest BCUT2D eigenvalue weighted by atomic mass is 9.70. The Morgan fingerprint density at radius 1 is 0.905 bits per heavy atom. The molecule has 7 heteroatoms. The molecule has 0 saturated heterocycles. The third-order valence-corrected chi connectivity index (χ3v) is 15.6. The zero-order valence-electron chi connectivity index (χ0n) is 26.5. The summed E-state index contributed by atoms with van der Waals surface area (Å²) in [6.07, 6.45) is 5.72. The molecule has 1 aromatic carbocycles. The summed E-state index contributed by atoms with van der Waals surface area (Å²) in [6.45, 7) is 16.3. The highest BCUT2D eigenvalue weighted by molar-refractivity contribution is 6.74. The first kappa shape index (κ1) is 30.3. The summed E-state index contributed by atoms with van der Waals surface area (Å²) >= 11 is 0. The van der Waals surface area contributed by atoms with Crippen LogP contribution in [0.25, 0.3) is 0 Å². The number of aromatic nitrogens is 1. The first-order chi connectivity index (χ1) is 19.5. The van der Waals surface area contributed by atoms with Crippen LogP contribution in [0.4, 0.5) is 13.2 Å². The Morgan fingerprint density at radius 2 is 1.52 bits per heavy atom. The van der Waals surface area contributed by atoms with Gasteiger partial charge in [0.2, 0.25) is 0 Å². The van der Waals surface area contributed by atoms with Crippen LogP contribution in [0, 0.1) is 5.41 Å². The van der Waals surface area contributed by atoms with E-state index in [1.807, 2.05) is 0 Å². The second kappa shape index (κ2) is 10.2. The highest BCUT2D eigenvalue weighted by Gasteiger charge is 2.53. The maximum absolute atomic E-state index is 13.5. The number of fused-ring (bicyclic) bond motifs is 3. The Morgan fingerprint density at radius 3 is 2.10 bits per heavy atom. The van der Waals surface area contributed by atoms with Crippen LogP contribution in [-0.4, -0.2) is 13.3 Å². The molecule has 4 aliphatic rings. The first-order valence-electron chi connectivity index (χ1n) is 16.1. The van der Waals surface area contributed by atoms with Gasteiger partial charge in [0.25, 0.3) is 0 Å². The lowest BCUT2D eigenvalue weighted by Gasteiger charge is -2.45. The lowest BCUT2D eigenvalue weighted by molar-refractivity contribution is -0.137. The normalized spacial score (nSPS) is 25.7. The molecule has 2 fully saturated rings. The molecule has 2 atom stereocenters. The fraction of sp³-hybridized carbons (Fsp3) is 0.686. The summed E-state index contributed by atoms with van der Waals surface area (Å²) in [5.41, 5.74) is 5.86. The van der Waals surface area contributed by atoms with E-state index >= 15 is 0 Å². The van der Waals surface area contributed by atoms with Crippen LogP contribution in [0.3, 0.4) is 0 Å². The van der Waals surface area contributed by atoms with Gasteiger partial charge in [0.15, 0.2) is 8.32 Å². The van der Waals surface area contributed by atoms with Gasteiger partial charge >= 0.3 is 6.18 Å². The molecule has 0 N–H and O–H groups in total. The minimum absolute atomic E-state index is 0.0357. The number of ether oxygens (including phenoxy) is 1. The van der Waals surface area contributed by atoms with E-state index in [4.69, 9.17) is 14.1 Å². The number of nitrogens with zero attached hydrogens (tertiary/aromatic N) is 1. The van der Waals surface area contributed by atoms with E-state index in [0.29, 0.717) is 5.92 Å². The van der Waals surface area contributed by atoms with E-state index in [2.05, 4.69) is 47.7 Å². The van der Waals surface area contributed by atoms with Crippen molar-refractivity contribution in [3.8, 4) is 0 Å². The van der Waals surface area contributed by atoms with Gasteiger partial charge in [0, 0.05) is 16.8 Å². The number of hydrogen-bond donors (Lipinski definition) is 0. The zero-order valence-corrected chi connectivity index (χ0v) is 27.5. The summed E-state index contributed by atoms with van der Waals surface area (Å²) in [6, 6.07) is 5.70. The third kappa shape index (κ3) is 5.19. The number of halogens is 3. The monoisotopic (exact) mass is 599 g/mol. The molecule has 0 bridgehead atoms. The minimum atomic E-state index is -4.36. The second-order valence-electron chi connectivity index (χ2n) is 15.9. The highest BCUT2D eigenvalue weighted by Crippen LogP contribution is 2.60. The van der Waals surface area contributed by atoms with Crippen molar-refractivity contribution in [2.45, 2.75) is 147 Å². The fourth-order valence-corrected chi connectivity index (χ4v) is 9.20. The van der Waals surface area contributed by atoms with Crippen LogP contribution in [0.1, 0.15) is 150 Å². The molecule has 0 amide bonds. The molecule has 230 valence electrons. The summed E-state index contributed by atoms with van der Waals surface area (Å²) in [4.78, 5) is 5.56. The van der Waals surface area contributed by atoms with Crippen molar-refractivity contribution in [3.05, 3.63) is 63.5 Å². The standard InChI is InChI=1S/C35H48F3NO2Si/c1-32(2,3)42(6,7)41-26-21-33(4,5)20-25-28(26)27(22-12-8-9-13-22)29-30(23-14-16-24(17-15-23)35(36,37)38)40-34(31(29)39-25)18-10-11-19-34/h14-17,22,26,30H,8-13,18-21H2,1-7H3/t26-,30?/m0/s1. The van der Waals surface area contributed by atoms with E-state index in [9.17, 15) is 13.2 Å². The zero-order chi connectivity index (χ0) is 30.3. The van der Waals surface area contributed by atoms with Crippen molar-refractivity contribution in [3.63, 3.8) is 0 Å². The topological polar surface area (TPSA) is 31.4 Å². The van der Waals surface area contributed by atoms with Gasteiger partial charge in [-0.3, -0.25) is 4.98 Å². The predicted octanol–water partition coefficient (Wildman–Crippen LogP) is 10.7. The third-order valence-electron chi connectivity index (χ3n) is 11.1. The van der Waals surface area contributed by atoms with E-state index in [0.717, 1.165) is 68.2 Å². The number of rotatable bonds is 4. The molecule has 6 rings (SSSR count). The van der Waals surface area contributed by atoms with E-state index in [1.54, 1.807) is 12.1 Å². The van der Waals surface area contributed by atoms with Crippen LogP contribution in [-0.2, 0) is 27.4 Å². The van der Waals surface area contributed by atoms with Crippen molar-refractivity contribution in [2.75, 3.05) is 0 Å². The van der Waals surface area contributed by atoms with Gasteiger partial charge in [-0.05, 0) is 91.2 Å². The van der Waals surface area contributed by atoms with Gasteiger partial charge in [-0.25, -0.2) is 0 Å². The Kier molecular flexibility index (Phi) is 7.34. The molecule has 1 unspecified atom stereocenters. The molecular formula is C35H48F3NO2Si. The number of benzene rings is 1. The van der Waals surface area contributed by atoms with Crippen LogP contribution in [0.15, 0.2) is 24.3 Å². The summed E-state index contributed by atoms with van der Waals surface area (Å²) in [7, 11) is -2.11. The van der Waals surface area contributed by atoms with E-state index in [1.165, 1.54) is 41.8 Å². The average Bonchev–Trinajstić information content (AvgIpc) is 3.63. The first-order valence-corrected chi connectivity index (χ1v) is 19.0. The van der Waals surface area contributed by atoms with Gasteiger partial charge in [-0.15, -0.1) is 0 Å². The smallest absolute Gasteiger partial charge is 0.410 e. The van der Waals surface area contributed by atoms with E-state index in [-0.39, 0.29) is 16.6 Å². The Labute approximate surface area is 251 Å². The molecule has 2 heterocycles. The number of hydrogen-bond acceptors (Lipinski definition) is 3. The Hall–Kier alpha value is -1.70. The summed E-state index contributed by atoms with van der Waals surface area (Å²) in [5, 5.41) is 0.0756. The van der Waals surface area contributed by atoms with Gasteiger partial charge in [-0.2, -0.15) is 13.2 Å². The van der Waals surface area contributed by atoms with Crippen molar-refractivity contribution < 1.29 is 22.3 Å². The largest absolute Gasteiger partial charge is 0.416 e. The van der Waals surface area contributed by atoms with Crippen molar-refractivity contribution >= 4 is 8.32 Å². The summed E-state index contributed by atoms with van der Waals surface area (Å²) in [5.74, 6) is 0.402. The molecule has 1 aliphatic heterocycles. The maximum Gasteiger partial charge on any atom is 0.416 e. The van der Waals surface area contributed by atoms with Gasteiger partial charge in [-0.1, -0.05) is 72.4 Å². The number of alkyl halides is 3. The van der Waals surface area contributed by atoms with Crippen LogP contribution in [0.2, 0.25) is 18.1 Å². The average molecular weight is 600 g/mol. The molecule has 1 spiro atoms. The molecule has 3 nitrogen and oxygen atoms in total. The van der Waals surface area contributed by atoms with Crippen LogP contribution < -0.4 is 0 Å². The molecule has 1 aromatic heterocycles. The maximum atomic E-state index is 13.5. The Bertz CT molecular complexity index is 1330. The van der Waals surface area contributed by atoms with Crippen molar-refractivity contribution in [2.24, 2.45) is 5.41 Å². The quantitative estimate of drug-likeness (QED) is 0.328. The minimum Gasteiger partial charge on any atom is -0.410 e. The second-order valence-corrected chi connectivity index (χ2v) is 20.6. The van der Waals surface area contributed by atoms with Crippen molar-refractivity contribution in [1.29, 1.82) is 0 Å². The fourth-order valence-electron chi connectivity index (χ4n) is 7.93. The van der Waals surface area contributed by atoms with Crippen molar-refractivity contribution in [1.82, 2.24) is 4.98 Å². The number of pyridine rings is 1. The lowest BCUT2D eigenvalue weighted by Crippen LogP contribution is -2.44.